The van der Waals surface area contributed by atoms with Crippen LogP contribution >= 0.6 is 0 Å². The number of halogens is 3. The van der Waals surface area contributed by atoms with E-state index in [1.54, 1.807) is 40.9 Å². The third-order valence-electron chi connectivity index (χ3n) is 6.16. The number of nitrogens with zero attached hydrogens (tertiary/aromatic N) is 2. The van der Waals surface area contributed by atoms with Crippen molar-refractivity contribution < 1.29 is 32.5 Å². The molecule has 1 atom stereocenters. The molecule has 0 saturated carbocycles. The predicted molar refractivity (Wildman–Crippen MR) is 119 cm³/mol. The van der Waals surface area contributed by atoms with Gasteiger partial charge in [-0.25, -0.2) is 0 Å². The number of fused-ring (bicyclic) bond motifs is 2. The Balaban J connectivity index is 1.34. The third-order valence-corrected chi connectivity index (χ3v) is 6.16. The lowest BCUT2D eigenvalue weighted by atomic mass is 9.77. The second-order valence-corrected chi connectivity index (χ2v) is 8.86. The molecular formula is C23H21BF3N3O4. The molecule has 4 heterocycles. The molecule has 5 rings (SSSR count). The molecule has 1 aromatic carbocycles. The molecule has 2 aliphatic rings. The Morgan fingerprint density at radius 3 is 2.82 bits per heavy atom. The van der Waals surface area contributed by atoms with Gasteiger partial charge in [0.15, 0.2) is 0 Å². The molecule has 0 bridgehead atoms. The number of rotatable bonds is 4. The largest absolute Gasteiger partial charge is 0.492 e. The van der Waals surface area contributed by atoms with Crippen molar-refractivity contribution in [2.24, 2.45) is 5.16 Å². The van der Waals surface area contributed by atoms with Gasteiger partial charge in [0, 0.05) is 24.7 Å². The Bertz CT molecular complexity index is 1320. The summed E-state index contributed by atoms with van der Waals surface area (Å²) < 4.78 is 46.0. The SMILES string of the molecule is CC1(C)OB(O)c2cc(CNC(=O)c3ccc(C4=NOC(C(F)(F)F)C4)c4cccn34)ccc21. The topological polar surface area (TPSA) is 84.6 Å². The summed E-state index contributed by atoms with van der Waals surface area (Å²) in [5.41, 5.74) is 3.30. The molecule has 2 aromatic heterocycles. The molecule has 34 heavy (non-hydrogen) atoms. The maximum Gasteiger partial charge on any atom is 0.492 e. The smallest absolute Gasteiger partial charge is 0.423 e. The number of hydrogen-bond acceptors (Lipinski definition) is 5. The molecule has 2 aliphatic heterocycles. The average Bonchev–Trinajstić information content (AvgIpc) is 3.50. The first-order valence-electron chi connectivity index (χ1n) is 10.7. The predicted octanol–water partition coefficient (Wildman–Crippen LogP) is 2.88. The number of nitrogens with one attached hydrogen (secondary N) is 1. The summed E-state index contributed by atoms with van der Waals surface area (Å²) in [5.74, 6) is -0.358. The molecule has 176 valence electrons. The van der Waals surface area contributed by atoms with Crippen molar-refractivity contribution >= 4 is 29.7 Å². The quantitative estimate of drug-likeness (QED) is 0.574. The minimum atomic E-state index is -4.50. The molecule has 7 nitrogen and oxygen atoms in total. The minimum absolute atomic E-state index is 0.180. The monoisotopic (exact) mass is 471 g/mol. The average molecular weight is 471 g/mol. The molecule has 3 aromatic rings. The molecule has 1 amide bonds. The van der Waals surface area contributed by atoms with Crippen LogP contribution in [0, 0.1) is 0 Å². The van der Waals surface area contributed by atoms with Gasteiger partial charge >= 0.3 is 13.3 Å². The van der Waals surface area contributed by atoms with Crippen molar-refractivity contribution in [3.8, 4) is 0 Å². The molecule has 0 fully saturated rings. The number of oxime groups is 1. The maximum absolute atomic E-state index is 13.0. The van der Waals surface area contributed by atoms with E-state index in [0.717, 1.165) is 11.1 Å². The van der Waals surface area contributed by atoms with Gasteiger partial charge < -0.3 is 24.2 Å². The first-order chi connectivity index (χ1) is 16.0. The maximum atomic E-state index is 13.0. The van der Waals surface area contributed by atoms with Crippen LogP contribution in [-0.2, 0) is 21.6 Å². The molecule has 0 aliphatic carbocycles. The summed E-state index contributed by atoms with van der Waals surface area (Å²) in [6.07, 6.45) is -5.20. The van der Waals surface area contributed by atoms with Crippen molar-refractivity contribution in [3.63, 3.8) is 0 Å². The van der Waals surface area contributed by atoms with Gasteiger partial charge in [-0.15, -0.1) is 0 Å². The van der Waals surface area contributed by atoms with Crippen molar-refractivity contribution in [1.82, 2.24) is 9.72 Å². The van der Waals surface area contributed by atoms with Crippen LogP contribution in [-0.4, -0.2) is 40.4 Å². The number of aromatic nitrogens is 1. The van der Waals surface area contributed by atoms with Gasteiger partial charge in [-0.3, -0.25) is 4.79 Å². The second-order valence-electron chi connectivity index (χ2n) is 8.86. The van der Waals surface area contributed by atoms with E-state index in [1.165, 1.54) is 0 Å². The standard InChI is InChI=1S/C23H21BF3N3O4/c1-22(2)15-7-5-13(10-16(15)24(32)34-22)12-28-21(31)19-8-6-14(18-4-3-9-30(18)19)17-11-20(33-29-17)23(25,26)27/h3-10,20,32H,11-12H2,1-2H3,(H,28,31). The van der Waals surface area contributed by atoms with E-state index < -0.39 is 25.0 Å². The third kappa shape index (κ3) is 3.84. The summed E-state index contributed by atoms with van der Waals surface area (Å²) >= 11 is 0. The lowest BCUT2D eigenvalue weighted by Gasteiger charge is -2.19. The fourth-order valence-electron chi connectivity index (χ4n) is 4.43. The second kappa shape index (κ2) is 7.88. The summed E-state index contributed by atoms with van der Waals surface area (Å²) in [6, 6.07) is 12.1. The highest BCUT2D eigenvalue weighted by Gasteiger charge is 2.46. The van der Waals surface area contributed by atoms with E-state index in [4.69, 9.17) is 4.65 Å². The van der Waals surface area contributed by atoms with Crippen LogP contribution in [0.1, 0.15) is 47.4 Å². The fourth-order valence-corrected chi connectivity index (χ4v) is 4.43. The van der Waals surface area contributed by atoms with E-state index in [1.807, 2.05) is 26.0 Å². The zero-order valence-electron chi connectivity index (χ0n) is 18.4. The molecule has 1 unspecified atom stereocenters. The molecule has 0 saturated heterocycles. The molecule has 11 heteroatoms. The Morgan fingerprint density at radius 1 is 1.29 bits per heavy atom. The number of pyridine rings is 1. The van der Waals surface area contributed by atoms with Crippen molar-refractivity contribution in [3.05, 3.63) is 71.0 Å². The minimum Gasteiger partial charge on any atom is -0.423 e. The van der Waals surface area contributed by atoms with E-state index in [0.29, 0.717) is 22.2 Å². The van der Waals surface area contributed by atoms with Crippen LogP contribution in [0.2, 0.25) is 0 Å². The lowest BCUT2D eigenvalue weighted by Crippen LogP contribution is -2.30. The Hall–Kier alpha value is -3.31. The molecule has 2 N–H and O–H groups in total. The van der Waals surface area contributed by atoms with E-state index in [9.17, 15) is 23.0 Å². The molecule has 0 spiro atoms. The van der Waals surface area contributed by atoms with Gasteiger partial charge in [0.25, 0.3) is 5.91 Å². The van der Waals surface area contributed by atoms with Gasteiger partial charge in [0.2, 0.25) is 6.10 Å². The van der Waals surface area contributed by atoms with E-state index >= 15 is 0 Å². The zero-order valence-corrected chi connectivity index (χ0v) is 18.4. The molecule has 0 radical (unpaired) electrons. The number of benzene rings is 1. The van der Waals surface area contributed by atoms with Crippen LogP contribution in [0.3, 0.4) is 0 Å². The number of hydrogen-bond donors (Lipinski definition) is 2. The Labute approximate surface area is 193 Å². The van der Waals surface area contributed by atoms with Crippen LogP contribution < -0.4 is 10.8 Å². The van der Waals surface area contributed by atoms with E-state index in [-0.39, 0.29) is 24.6 Å². The van der Waals surface area contributed by atoms with Gasteiger partial charge in [-0.1, -0.05) is 23.4 Å². The van der Waals surface area contributed by atoms with Crippen LogP contribution in [0.5, 0.6) is 0 Å². The summed E-state index contributed by atoms with van der Waals surface area (Å²) in [5, 5.41) is 16.7. The van der Waals surface area contributed by atoms with Crippen LogP contribution in [0.4, 0.5) is 13.2 Å². The van der Waals surface area contributed by atoms with Gasteiger partial charge in [0.1, 0.15) is 5.69 Å². The zero-order chi connectivity index (χ0) is 24.3. The fraction of sp³-hybridized carbons (Fsp3) is 0.304. The first-order valence-corrected chi connectivity index (χ1v) is 10.7. The summed E-state index contributed by atoms with van der Waals surface area (Å²) in [6.45, 7) is 3.97. The van der Waals surface area contributed by atoms with Gasteiger partial charge in [0.05, 0.1) is 16.8 Å². The summed E-state index contributed by atoms with van der Waals surface area (Å²) in [4.78, 5) is 17.5. The highest BCUT2D eigenvalue weighted by molar-refractivity contribution is 6.62. The molecular weight excluding hydrogens is 450 g/mol. The number of carbonyl (C=O) groups excluding carboxylic acids is 1. The van der Waals surface area contributed by atoms with E-state index in [2.05, 4.69) is 15.3 Å². The number of amides is 1. The lowest BCUT2D eigenvalue weighted by molar-refractivity contribution is -0.212. The van der Waals surface area contributed by atoms with Crippen molar-refractivity contribution in [1.29, 1.82) is 0 Å². The first kappa shape index (κ1) is 22.5. The van der Waals surface area contributed by atoms with Gasteiger partial charge in [-0.05, 0) is 54.7 Å². The van der Waals surface area contributed by atoms with Crippen LogP contribution in [0.25, 0.3) is 5.52 Å². The Kier molecular flexibility index (Phi) is 5.21. The van der Waals surface area contributed by atoms with Crippen molar-refractivity contribution in [2.75, 3.05) is 0 Å². The van der Waals surface area contributed by atoms with Crippen molar-refractivity contribution in [2.45, 2.75) is 44.7 Å². The number of alkyl halides is 3. The Morgan fingerprint density at radius 2 is 2.09 bits per heavy atom. The van der Waals surface area contributed by atoms with Crippen LogP contribution in [0.15, 0.2) is 53.8 Å². The normalized spacial score (nSPS) is 19.2. The van der Waals surface area contributed by atoms with Gasteiger partial charge in [-0.2, -0.15) is 13.2 Å². The number of carbonyl (C=O) groups is 1. The highest BCUT2D eigenvalue weighted by Crippen LogP contribution is 2.32. The highest BCUT2D eigenvalue weighted by atomic mass is 19.4. The summed E-state index contributed by atoms with van der Waals surface area (Å²) in [7, 11) is -1.02.